The highest BCUT2D eigenvalue weighted by Gasteiger charge is 2.24. The summed E-state index contributed by atoms with van der Waals surface area (Å²) in [6, 6.07) is 15.7. The normalized spacial score (nSPS) is 15.5. The number of carbonyl (C=O) groups excluding carboxylic acids is 1. The van der Waals surface area contributed by atoms with Crippen LogP contribution in [0, 0.1) is 0 Å². The van der Waals surface area contributed by atoms with Gasteiger partial charge in [0.1, 0.15) is 0 Å². The van der Waals surface area contributed by atoms with Gasteiger partial charge in [0.25, 0.3) is 5.91 Å². The van der Waals surface area contributed by atoms with Crippen LogP contribution in [0.4, 0.5) is 0 Å². The predicted octanol–water partition coefficient (Wildman–Crippen LogP) is 2.88. The number of benzene rings is 2. The fourth-order valence-corrected chi connectivity index (χ4v) is 3.29. The maximum absolute atomic E-state index is 12.5. The second-order valence-electron chi connectivity index (χ2n) is 6.37. The predicted molar refractivity (Wildman–Crippen MR) is 94.1 cm³/mol. The van der Waals surface area contributed by atoms with Crippen LogP contribution >= 0.6 is 0 Å². The molecule has 3 aromatic rings. The summed E-state index contributed by atoms with van der Waals surface area (Å²) in [5.41, 5.74) is 2.73. The molecule has 0 atom stereocenters. The standard InChI is InChI=1S/C20H16N2O4/c23-19-11-24-20-15(10-22(19)9-13-4-2-1-3-5-13)6-14-7-17-18(26-12-25-17)8-16(14)21-20/h1-8H,9-12H2. The molecular weight excluding hydrogens is 332 g/mol. The molecule has 0 spiro atoms. The fraction of sp³-hybridized carbons (Fsp3) is 0.200. The van der Waals surface area contributed by atoms with E-state index in [2.05, 4.69) is 4.98 Å². The van der Waals surface area contributed by atoms with E-state index in [4.69, 9.17) is 14.2 Å². The van der Waals surface area contributed by atoms with Crippen molar-refractivity contribution < 1.29 is 19.0 Å². The Kier molecular flexibility index (Phi) is 3.41. The highest BCUT2D eigenvalue weighted by atomic mass is 16.7. The number of pyridine rings is 1. The summed E-state index contributed by atoms with van der Waals surface area (Å²) in [6.07, 6.45) is 0. The van der Waals surface area contributed by atoms with E-state index in [-0.39, 0.29) is 19.3 Å². The Bertz CT molecular complexity index is 1000. The first-order valence-corrected chi connectivity index (χ1v) is 8.44. The van der Waals surface area contributed by atoms with Crippen LogP contribution in [0.3, 0.4) is 0 Å². The quantitative estimate of drug-likeness (QED) is 0.713. The van der Waals surface area contributed by atoms with Gasteiger partial charge < -0.3 is 19.1 Å². The summed E-state index contributed by atoms with van der Waals surface area (Å²) in [7, 11) is 0. The van der Waals surface area contributed by atoms with Crippen molar-refractivity contribution in [3.05, 3.63) is 59.7 Å². The van der Waals surface area contributed by atoms with E-state index in [9.17, 15) is 4.79 Å². The monoisotopic (exact) mass is 348 g/mol. The van der Waals surface area contributed by atoms with Gasteiger partial charge in [0.15, 0.2) is 18.1 Å². The van der Waals surface area contributed by atoms with Crippen molar-refractivity contribution >= 4 is 16.8 Å². The minimum absolute atomic E-state index is 0.0110. The van der Waals surface area contributed by atoms with E-state index < -0.39 is 0 Å². The van der Waals surface area contributed by atoms with Crippen molar-refractivity contribution in [1.29, 1.82) is 0 Å². The van der Waals surface area contributed by atoms with Crippen LogP contribution in [0.2, 0.25) is 0 Å². The Morgan fingerprint density at radius 1 is 1.00 bits per heavy atom. The lowest BCUT2D eigenvalue weighted by molar-refractivity contribution is -0.133. The second-order valence-corrected chi connectivity index (χ2v) is 6.37. The number of nitrogens with zero attached hydrogens (tertiary/aromatic N) is 2. The minimum Gasteiger partial charge on any atom is -0.467 e. The van der Waals surface area contributed by atoms with Gasteiger partial charge in [-0.2, -0.15) is 0 Å². The number of rotatable bonds is 2. The summed E-state index contributed by atoms with van der Waals surface area (Å²) in [5.74, 6) is 1.84. The van der Waals surface area contributed by atoms with Crippen LogP contribution in [0.1, 0.15) is 11.1 Å². The highest BCUT2D eigenvalue weighted by molar-refractivity contribution is 5.85. The molecule has 2 aliphatic heterocycles. The Morgan fingerprint density at radius 2 is 1.81 bits per heavy atom. The van der Waals surface area contributed by atoms with E-state index in [0.29, 0.717) is 30.5 Å². The average molecular weight is 348 g/mol. The van der Waals surface area contributed by atoms with Crippen LogP contribution < -0.4 is 14.2 Å². The molecule has 0 bridgehead atoms. The van der Waals surface area contributed by atoms with Crippen molar-refractivity contribution in [3.8, 4) is 17.4 Å². The Labute approximate surface area is 149 Å². The van der Waals surface area contributed by atoms with Crippen molar-refractivity contribution in [2.75, 3.05) is 13.4 Å². The van der Waals surface area contributed by atoms with E-state index in [1.807, 2.05) is 48.5 Å². The zero-order valence-electron chi connectivity index (χ0n) is 14.0. The molecule has 5 rings (SSSR count). The number of aromatic nitrogens is 1. The number of hydrogen-bond acceptors (Lipinski definition) is 5. The van der Waals surface area contributed by atoms with Gasteiger partial charge in [0, 0.05) is 23.6 Å². The molecule has 6 nitrogen and oxygen atoms in total. The van der Waals surface area contributed by atoms with Gasteiger partial charge in [-0.25, -0.2) is 4.98 Å². The lowest BCUT2D eigenvalue weighted by Gasteiger charge is -2.20. The maximum Gasteiger partial charge on any atom is 0.261 e. The number of amides is 1. The van der Waals surface area contributed by atoms with Crippen molar-refractivity contribution in [2.24, 2.45) is 0 Å². The summed E-state index contributed by atoms with van der Waals surface area (Å²) >= 11 is 0. The first-order chi connectivity index (χ1) is 12.8. The van der Waals surface area contributed by atoms with Crippen molar-refractivity contribution in [1.82, 2.24) is 9.88 Å². The average Bonchev–Trinajstić information content (AvgIpc) is 3.05. The lowest BCUT2D eigenvalue weighted by atomic mass is 10.1. The van der Waals surface area contributed by atoms with E-state index in [0.717, 1.165) is 22.0 Å². The molecule has 1 amide bonds. The first kappa shape index (κ1) is 15.0. The molecule has 2 aromatic carbocycles. The zero-order valence-corrected chi connectivity index (χ0v) is 14.0. The SMILES string of the molecule is O=C1COc2nc3cc4c(cc3cc2CN1Cc1ccccc1)OCO4. The fourth-order valence-electron chi connectivity index (χ4n) is 3.29. The minimum atomic E-state index is -0.0509. The number of hydrogen-bond donors (Lipinski definition) is 0. The van der Waals surface area contributed by atoms with Crippen molar-refractivity contribution in [3.63, 3.8) is 0 Å². The van der Waals surface area contributed by atoms with Crippen LogP contribution in [-0.2, 0) is 17.9 Å². The molecule has 0 radical (unpaired) electrons. The summed E-state index contributed by atoms with van der Waals surface area (Å²) in [5, 5.41) is 0.936. The van der Waals surface area contributed by atoms with E-state index in [1.165, 1.54) is 0 Å². The van der Waals surface area contributed by atoms with Gasteiger partial charge in [-0.05, 0) is 17.7 Å². The van der Waals surface area contributed by atoms with Gasteiger partial charge in [-0.3, -0.25) is 4.79 Å². The molecule has 0 unspecified atom stereocenters. The van der Waals surface area contributed by atoms with Crippen LogP contribution in [0.15, 0.2) is 48.5 Å². The third-order valence-electron chi connectivity index (χ3n) is 4.61. The summed E-state index contributed by atoms with van der Waals surface area (Å²) < 4.78 is 16.5. The van der Waals surface area contributed by atoms with Crippen LogP contribution in [0.5, 0.6) is 17.4 Å². The number of carbonyl (C=O) groups is 1. The molecule has 3 heterocycles. The van der Waals surface area contributed by atoms with E-state index >= 15 is 0 Å². The summed E-state index contributed by atoms with van der Waals surface area (Å²) in [6.45, 7) is 1.21. The largest absolute Gasteiger partial charge is 0.467 e. The smallest absolute Gasteiger partial charge is 0.261 e. The van der Waals surface area contributed by atoms with Gasteiger partial charge in [-0.1, -0.05) is 30.3 Å². The molecule has 0 saturated carbocycles. The maximum atomic E-state index is 12.5. The molecular formula is C20H16N2O4. The Balaban J connectivity index is 1.52. The summed E-state index contributed by atoms with van der Waals surface area (Å²) in [4.78, 5) is 18.9. The van der Waals surface area contributed by atoms with Crippen molar-refractivity contribution in [2.45, 2.75) is 13.1 Å². The Hall–Kier alpha value is -3.28. The van der Waals surface area contributed by atoms with Crippen LogP contribution in [-0.4, -0.2) is 29.2 Å². The Morgan fingerprint density at radius 3 is 2.65 bits per heavy atom. The molecule has 1 aromatic heterocycles. The molecule has 6 heteroatoms. The first-order valence-electron chi connectivity index (χ1n) is 8.44. The number of fused-ring (bicyclic) bond motifs is 3. The molecule has 26 heavy (non-hydrogen) atoms. The van der Waals surface area contributed by atoms with Gasteiger partial charge in [-0.15, -0.1) is 0 Å². The molecule has 0 aliphatic carbocycles. The van der Waals surface area contributed by atoms with Gasteiger partial charge in [0.05, 0.1) is 12.1 Å². The highest BCUT2D eigenvalue weighted by Crippen LogP contribution is 2.37. The lowest BCUT2D eigenvalue weighted by Crippen LogP contribution is -2.31. The third kappa shape index (κ3) is 2.60. The number of ether oxygens (including phenoxy) is 3. The zero-order chi connectivity index (χ0) is 17.5. The molecule has 0 saturated heterocycles. The molecule has 130 valence electrons. The third-order valence-corrected chi connectivity index (χ3v) is 4.61. The van der Waals surface area contributed by atoms with Gasteiger partial charge in [0.2, 0.25) is 12.7 Å². The molecule has 0 N–H and O–H groups in total. The topological polar surface area (TPSA) is 60.9 Å². The molecule has 0 fully saturated rings. The molecule has 2 aliphatic rings. The van der Waals surface area contributed by atoms with Crippen LogP contribution in [0.25, 0.3) is 10.9 Å². The van der Waals surface area contributed by atoms with Gasteiger partial charge >= 0.3 is 0 Å². The second kappa shape index (κ2) is 5.91. The van der Waals surface area contributed by atoms with E-state index in [1.54, 1.807) is 4.90 Å².